The van der Waals surface area contributed by atoms with Gasteiger partial charge in [0.05, 0.1) is 16.7 Å². The molecule has 0 amide bonds. The number of nitrogens with zero attached hydrogens (tertiary/aromatic N) is 2. The van der Waals surface area contributed by atoms with Crippen molar-refractivity contribution in [1.29, 1.82) is 0 Å². The number of fused-ring (bicyclic) bond motifs is 3. The molecule has 0 saturated carbocycles. The quantitative estimate of drug-likeness (QED) is 0.495. The smallest absolute Gasteiger partial charge is 0.106 e. The van der Waals surface area contributed by atoms with Crippen LogP contribution < -0.4 is 0 Å². The first-order valence-electron chi connectivity index (χ1n) is 5.26. The maximum atomic E-state index is 4.56. The van der Waals surface area contributed by atoms with Gasteiger partial charge in [-0.3, -0.25) is 0 Å². The molecular weight excluding hydrogens is 276 g/mol. The van der Waals surface area contributed by atoms with Crippen LogP contribution in [0.5, 0.6) is 0 Å². The molecule has 3 aromatic rings. The molecule has 1 aromatic carbocycles. The number of hydrogen-bond acceptors (Lipinski definition) is 2. The molecule has 82 valence electrons. The summed E-state index contributed by atoms with van der Waals surface area (Å²) >= 11 is 3.39. The minimum atomic E-state index is 0.823. The normalized spacial score (nSPS) is 10.9. The van der Waals surface area contributed by atoms with Gasteiger partial charge < -0.3 is 0 Å². The molecule has 2 nitrogen and oxygen atoms in total. The van der Waals surface area contributed by atoms with E-state index in [1.165, 1.54) is 0 Å². The maximum Gasteiger partial charge on any atom is 0.106 e. The summed E-state index contributed by atoms with van der Waals surface area (Å²) in [5.74, 6) is 0. The van der Waals surface area contributed by atoms with E-state index >= 15 is 0 Å². The number of halogens is 1. The van der Waals surface area contributed by atoms with E-state index in [2.05, 4.69) is 44.6 Å². The molecule has 2 aromatic heterocycles. The van der Waals surface area contributed by atoms with Gasteiger partial charge >= 0.3 is 0 Å². The van der Waals surface area contributed by atoms with Gasteiger partial charge in [-0.1, -0.05) is 30.8 Å². The predicted octanol–water partition coefficient (Wildman–Crippen LogP) is 4.19. The van der Waals surface area contributed by atoms with Crippen LogP contribution >= 0.6 is 15.9 Å². The summed E-state index contributed by atoms with van der Waals surface area (Å²) in [6, 6.07) is 12.1. The second-order valence-corrected chi connectivity index (χ2v) is 4.60. The highest BCUT2D eigenvalue weighted by Gasteiger charge is 2.04. The maximum absolute atomic E-state index is 4.56. The van der Waals surface area contributed by atoms with E-state index in [-0.39, 0.29) is 0 Å². The monoisotopic (exact) mass is 284 g/mol. The minimum absolute atomic E-state index is 0.823. The standard InChI is InChI=1S/C14H9BrN2/c1-2-11-7-5-9-3-4-10-6-8-12(15)17-14(10)13(9)16-11/h2-8H,1H2. The van der Waals surface area contributed by atoms with E-state index in [9.17, 15) is 0 Å². The van der Waals surface area contributed by atoms with Crippen LogP contribution in [0.1, 0.15) is 5.69 Å². The van der Waals surface area contributed by atoms with Gasteiger partial charge in [-0.2, -0.15) is 0 Å². The molecule has 0 bridgehead atoms. The Labute approximate surface area is 107 Å². The highest BCUT2D eigenvalue weighted by molar-refractivity contribution is 9.10. The van der Waals surface area contributed by atoms with E-state index in [0.717, 1.165) is 32.1 Å². The molecule has 0 aliphatic carbocycles. The number of rotatable bonds is 1. The molecule has 0 N–H and O–H groups in total. The lowest BCUT2D eigenvalue weighted by molar-refractivity contribution is 1.33. The largest absolute Gasteiger partial charge is 0.246 e. The molecule has 0 fully saturated rings. The van der Waals surface area contributed by atoms with Crippen molar-refractivity contribution in [2.75, 3.05) is 0 Å². The van der Waals surface area contributed by atoms with Crippen LogP contribution in [0.15, 0.2) is 47.6 Å². The Bertz CT molecular complexity index is 735. The second-order valence-electron chi connectivity index (χ2n) is 3.78. The van der Waals surface area contributed by atoms with E-state index in [0.29, 0.717) is 0 Å². The minimum Gasteiger partial charge on any atom is -0.246 e. The molecule has 3 heteroatoms. The fourth-order valence-electron chi connectivity index (χ4n) is 1.87. The Balaban J connectivity index is 2.51. The number of hydrogen-bond donors (Lipinski definition) is 0. The van der Waals surface area contributed by atoms with Crippen molar-refractivity contribution in [3.63, 3.8) is 0 Å². The summed E-state index contributed by atoms with van der Waals surface area (Å²) in [6.07, 6.45) is 1.75. The molecule has 0 saturated heterocycles. The highest BCUT2D eigenvalue weighted by atomic mass is 79.9. The highest BCUT2D eigenvalue weighted by Crippen LogP contribution is 2.24. The number of pyridine rings is 2. The second kappa shape index (κ2) is 3.93. The zero-order valence-corrected chi connectivity index (χ0v) is 10.6. The summed E-state index contributed by atoms with van der Waals surface area (Å²) < 4.78 is 0.823. The first-order valence-corrected chi connectivity index (χ1v) is 6.06. The molecule has 0 unspecified atom stereocenters. The Morgan fingerprint density at radius 2 is 1.47 bits per heavy atom. The van der Waals surface area contributed by atoms with E-state index in [4.69, 9.17) is 0 Å². The van der Waals surface area contributed by atoms with Gasteiger partial charge in [-0.05, 0) is 34.1 Å². The topological polar surface area (TPSA) is 25.8 Å². The van der Waals surface area contributed by atoms with E-state index < -0.39 is 0 Å². The predicted molar refractivity (Wildman–Crippen MR) is 74.8 cm³/mol. The van der Waals surface area contributed by atoms with Crippen molar-refractivity contribution < 1.29 is 0 Å². The average Bonchev–Trinajstić information content (AvgIpc) is 2.38. The Kier molecular flexibility index (Phi) is 2.41. The van der Waals surface area contributed by atoms with Crippen molar-refractivity contribution in [2.24, 2.45) is 0 Å². The van der Waals surface area contributed by atoms with Crippen molar-refractivity contribution in [3.8, 4) is 0 Å². The third kappa shape index (κ3) is 1.72. The van der Waals surface area contributed by atoms with Gasteiger partial charge in [-0.25, -0.2) is 9.97 Å². The van der Waals surface area contributed by atoms with Crippen molar-refractivity contribution in [1.82, 2.24) is 9.97 Å². The van der Waals surface area contributed by atoms with Gasteiger partial charge in [0.15, 0.2) is 0 Å². The van der Waals surface area contributed by atoms with Crippen LogP contribution in [0.4, 0.5) is 0 Å². The lowest BCUT2D eigenvalue weighted by Crippen LogP contribution is -1.88. The number of aromatic nitrogens is 2. The summed E-state index contributed by atoms with van der Waals surface area (Å²) in [6.45, 7) is 3.74. The van der Waals surface area contributed by atoms with Crippen LogP contribution in [0, 0.1) is 0 Å². The Morgan fingerprint density at radius 3 is 2.18 bits per heavy atom. The molecular formula is C14H9BrN2. The summed E-state index contributed by atoms with van der Waals surface area (Å²) in [5, 5.41) is 2.18. The lowest BCUT2D eigenvalue weighted by Gasteiger charge is -2.03. The van der Waals surface area contributed by atoms with Crippen molar-refractivity contribution >= 4 is 43.8 Å². The first kappa shape index (κ1) is 10.4. The lowest BCUT2D eigenvalue weighted by atomic mass is 10.1. The fourth-order valence-corrected chi connectivity index (χ4v) is 2.18. The Hall–Kier alpha value is -1.74. The van der Waals surface area contributed by atoms with Gasteiger partial charge in [0.1, 0.15) is 4.60 Å². The molecule has 2 heterocycles. The van der Waals surface area contributed by atoms with Gasteiger partial charge in [0, 0.05) is 10.8 Å². The third-order valence-electron chi connectivity index (χ3n) is 2.72. The summed E-state index contributed by atoms with van der Waals surface area (Å²) in [4.78, 5) is 9.06. The van der Waals surface area contributed by atoms with Crippen molar-refractivity contribution in [2.45, 2.75) is 0 Å². The van der Waals surface area contributed by atoms with Crippen LogP contribution in [0.3, 0.4) is 0 Å². The first-order chi connectivity index (χ1) is 8.28. The van der Waals surface area contributed by atoms with E-state index in [1.54, 1.807) is 6.08 Å². The van der Waals surface area contributed by atoms with Crippen LogP contribution in [0.2, 0.25) is 0 Å². The van der Waals surface area contributed by atoms with Crippen LogP contribution in [0.25, 0.3) is 27.9 Å². The molecule has 0 spiro atoms. The van der Waals surface area contributed by atoms with Crippen molar-refractivity contribution in [3.05, 3.63) is 53.3 Å². The van der Waals surface area contributed by atoms with Gasteiger partial charge in [-0.15, -0.1) is 0 Å². The zero-order valence-electron chi connectivity index (χ0n) is 9.02. The SMILES string of the molecule is C=Cc1ccc2ccc3ccc(Br)nc3c2n1. The molecule has 17 heavy (non-hydrogen) atoms. The van der Waals surface area contributed by atoms with Gasteiger partial charge in [0.2, 0.25) is 0 Å². The zero-order chi connectivity index (χ0) is 11.8. The molecule has 0 atom stereocenters. The van der Waals surface area contributed by atoms with Gasteiger partial charge in [0.25, 0.3) is 0 Å². The third-order valence-corrected chi connectivity index (χ3v) is 3.16. The molecule has 0 aliphatic rings. The van der Waals surface area contributed by atoms with E-state index in [1.807, 2.05) is 24.3 Å². The average molecular weight is 285 g/mol. The van der Waals surface area contributed by atoms with Crippen LogP contribution in [-0.2, 0) is 0 Å². The van der Waals surface area contributed by atoms with Crippen LogP contribution in [-0.4, -0.2) is 9.97 Å². The molecule has 0 radical (unpaired) electrons. The summed E-state index contributed by atoms with van der Waals surface area (Å²) in [7, 11) is 0. The molecule has 3 rings (SSSR count). The fraction of sp³-hybridized carbons (Fsp3) is 0. The summed E-state index contributed by atoms with van der Waals surface area (Å²) in [5.41, 5.74) is 2.70. The number of benzene rings is 1. The molecule has 0 aliphatic heterocycles. The Morgan fingerprint density at radius 1 is 0.882 bits per heavy atom.